The normalized spacial score (nSPS) is 25.6. The average Bonchev–Trinajstić information content (AvgIpc) is 2.33. The first kappa shape index (κ1) is 11.6. The van der Waals surface area contributed by atoms with E-state index in [9.17, 15) is 4.39 Å². The quantitative estimate of drug-likeness (QED) is 0.846. The molecule has 88 valence electrons. The maximum atomic E-state index is 13.5. The summed E-state index contributed by atoms with van der Waals surface area (Å²) >= 11 is 0. The van der Waals surface area contributed by atoms with Gasteiger partial charge in [-0.05, 0) is 31.5 Å². The predicted octanol–water partition coefficient (Wildman–Crippen LogP) is 1.99. The van der Waals surface area contributed by atoms with E-state index in [2.05, 4.69) is 5.32 Å². The Labute approximate surface area is 95.8 Å². The van der Waals surface area contributed by atoms with Gasteiger partial charge in [0.05, 0.1) is 6.61 Å². The summed E-state index contributed by atoms with van der Waals surface area (Å²) in [7, 11) is 1.96. The van der Waals surface area contributed by atoms with Crippen LogP contribution in [0.3, 0.4) is 0 Å². The third-order valence-corrected chi connectivity index (χ3v) is 3.28. The molecule has 1 fully saturated rings. The lowest BCUT2D eigenvalue weighted by atomic mass is 9.89. The van der Waals surface area contributed by atoms with Crippen molar-refractivity contribution in [1.82, 2.24) is 5.32 Å². The summed E-state index contributed by atoms with van der Waals surface area (Å²) in [5.41, 5.74) is 0.790. The van der Waals surface area contributed by atoms with Crippen LogP contribution in [-0.2, 0) is 11.2 Å². The van der Waals surface area contributed by atoms with Gasteiger partial charge in [-0.3, -0.25) is 0 Å². The SMILES string of the molecule is CN[C@@H]1CCOC[C@H]1Cc1ccccc1F. The molecule has 0 aromatic heterocycles. The Hall–Kier alpha value is -0.930. The van der Waals surface area contributed by atoms with E-state index in [4.69, 9.17) is 4.74 Å². The number of halogens is 1. The fourth-order valence-electron chi connectivity index (χ4n) is 2.32. The molecule has 2 atom stereocenters. The first-order valence-corrected chi connectivity index (χ1v) is 5.79. The van der Waals surface area contributed by atoms with Gasteiger partial charge in [0.1, 0.15) is 5.82 Å². The van der Waals surface area contributed by atoms with E-state index in [1.54, 1.807) is 6.07 Å². The number of nitrogens with one attached hydrogen (secondary N) is 1. The van der Waals surface area contributed by atoms with E-state index in [-0.39, 0.29) is 5.82 Å². The molecule has 0 unspecified atom stereocenters. The van der Waals surface area contributed by atoms with Crippen molar-refractivity contribution in [2.75, 3.05) is 20.3 Å². The van der Waals surface area contributed by atoms with Gasteiger partial charge in [0.15, 0.2) is 0 Å². The highest BCUT2D eigenvalue weighted by molar-refractivity contribution is 5.18. The van der Waals surface area contributed by atoms with Gasteiger partial charge in [-0.1, -0.05) is 18.2 Å². The van der Waals surface area contributed by atoms with Gasteiger partial charge in [0.2, 0.25) is 0 Å². The van der Waals surface area contributed by atoms with Crippen LogP contribution in [0.25, 0.3) is 0 Å². The molecule has 0 bridgehead atoms. The van der Waals surface area contributed by atoms with E-state index in [1.165, 1.54) is 6.07 Å². The van der Waals surface area contributed by atoms with Crippen LogP contribution in [0.2, 0.25) is 0 Å². The Morgan fingerprint density at radius 1 is 1.44 bits per heavy atom. The Morgan fingerprint density at radius 2 is 2.25 bits per heavy atom. The molecule has 0 aliphatic carbocycles. The molecule has 2 nitrogen and oxygen atoms in total. The summed E-state index contributed by atoms with van der Waals surface area (Å²) in [6, 6.07) is 7.43. The highest BCUT2D eigenvalue weighted by Gasteiger charge is 2.25. The molecule has 3 heteroatoms. The Morgan fingerprint density at radius 3 is 3.00 bits per heavy atom. The first-order chi connectivity index (χ1) is 7.81. The summed E-state index contributed by atoms with van der Waals surface area (Å²) in [6.45, 7) is 1.53. The van der Waals surface area contributed by atoms with Crippen molar-refractivity contribution in [3.8, 4) is 0 Å². The van der Waals surface area contributed by atoms with Gasteiger partial charge in [-0.2, -0.15) is 0 Å². The van der Waals surface area contributed by atoms with Crippen molar-refractivity contribution < 1.29 is 9.13 Å². The minimum Gasteiger partial charge on any atom is -0.381 e. The molecule has 0 saturated carbocycles. The minimum absolute atomic E-state index is 0.108. The summed E-state index contributed by atoms with van der Waals surface area (Å²) in [5.74, 6) is 0.263. The summed E-state index contributed by atoms with van der Waals surface area (Å²) < 4.78 is 19.0. The molecule has 1 aliphatic rings. The van der Waals surface area contributed by atoms with Gasteiger partial charge in [-0.25, -0.2) is 4.39 Å². The Kier molecular flexibility index (Phi) is 3.91. The van der Waals surface area contributed by atoms with Crippen molar-refractivity contribution in [3.05, 3.63) is 35.6 Å². The van der Waals surface area contributed by atoms with E-state index in [1.807, 2.05) is 19.2 Å². The van der Waals surface area contributed by atoms with Crippen molar-refractivity contribution >= 4 is 0 Å². The Balaban J connectivity index is 2.05. The fraction of sp³-hybridized carbons (Fsp3) is 0.538. The van der Waals surface area contributed by atoms with Crippen molar-refractivity contribution in [3.63, 3.8) is 0 Å². The van der Waals surface area contributed by atoms with E-state index >= 15 is 0 Å². The van der Waals surface area contributed by atoms with E-state index in [0.717, 1.165) is 31.6 Å². The zero-order valence-corrected chi connectivity index (χ0v) is 9.58. The van der Waals surface area contributed by atoms with Gasteiger partial charge in [0.25, 0.3) is 0 Å². The number of ether oxygens (including phenoxy) is 1. The monoisotopic (exact) mass is 223 g/mol. The lowest BCUT2D eigenvalue weighted by molar-refractivity contribution is 0.0339. The zero-order valence-electron chi connectivity index (χ0n) is 9.58. The van der Waals surface area contributed by atoms with Gasteiger partial charge in [-0.15, -0.1) is 0 Å². The highest BCUT2D eigenvalue weighted by Crippen LogP contribution is 2.20. The summed E-state index contributed by atoms with van der Waals surface area (Å²) in [4.78, 5) is 0. The highest BCUT2D eigenvalue weighted by atomic mass is 19.1. The standard InChI is InChI=1S/C13H18FNO/c1-15-13-6-7-16-9-11(13)8-10-4-2-3-5-12(10)14/h2-5,11,13,15H,6-9H2,1H3/t11-,13-/m1/s1. The Bertz CT molecular complexity index is 342. The van der Waals surface area contributed by atoms with Crippen LogP contribution in [0, 0.1) is 11.7 Å². The van der Waals surface area contributed by atoms with Gasteiger partial charge >= 0.3 is 0 Å². The maximum absolute atomic E-state index is 13.5. The average molecular weight is 223 g/mol. The third kappa shape index (κ3) is 2.60. The lowest BCUT2D eigenvalue weighted by Gasteiger charge is -2.31. The molecular weight excluding hydrogens is 205 g/mol. The molecule has 1 aliphatic heterocycles. The van der Waals surface area contributed by atoms with E-state index in [0.29, 0.717) is 12.0 Å². The van der Waals surface area contributed by atoms with Crippen molar-refractivity contribution in [2.24, 2.45) is 5.92 Å². The molecule has 0 spiro atoms. The topological polar surface area (TPSA) is 21.3 Å². The molecule has 0 amide bonds. The number of rotatable bonds is 3. The van der Waals surface area contributed by atoms with Gasteiger partial charge < -0.3 is 10.1 Å². The molecule has 1 aromatic carbocycles. The van der Waals surface area contributed by atoms with Crippen LogP contribution < -0.4 is 5.32 Å². The minimum atomic E-state index is -0.108. The van der Waals surface area contributed by atoms with Crippen LogP contribution in [0.1, 0.15) is 12.0 Å². The van der Waals surface area contributed by atoms with Crippen molar-refractivity contribution in [2.45, 2.75) is 18.9 Å². The second-order valence-electron chi connectivity index (χ2n) is 4.31. The number of hydrogen-bond acceptors (Lipinski definition) is 2. The molecule has 1 saturated heterocycles. The molecule has 2 rings (SSSR count). The maximum Gasteiger partial charge on any atom is 0.126 e. The predicted molar refractivity (Wildman–Crippen MR) is 61.9 cm³/mol. The zero-order chi connectivity index (χ0) is 11.4. The molecular formula is C13H18FNO. The fourth-order valence-corrected chi connectivity index (χ4v) is 2.32. The van der Waals surface area contributed by atoms with Crippen LogP contribution in [0.15, 0.2) is 24.3 Å². The molecule has 1 N–H and O–H groups in total. The van der Waals surface area contributed by atoms with E-state index < -0.39 is 0 Å². The molecule has 0 radical (unpaired) electrons. The largest absolute Gasteiger partial charge is 0.381 e. The van der Waals surface area contributed by atoms with Crippen molar-refractivity contribution in [1.29, 1.82) is 0 Å². The molecule has 1 aromatic rings. The number of benzene rings is 1. The molecule has 16 heavy (non-hydrogen) atoms. The second-order valence-corrected chi connectivity index (χ2v) is 4.31. The van der Waals surface area contributed by atoms with Crippen LogP contribution in [0.5, 0.6) is 0 Å². The smallest absolute Gasteiger partial charge is 0.126 e. The van der Waals surface area contributed by atoms with Crippen LogP contribution >= 0.6 is 0 Å². The molecule has 1 heterocycles. The summed E-state index contributed by atoms with van der Waals surface area (Å²) in [6.07, 6.45) is 1.76. The van der Waals surface area contributed by atoms with Crippen LogP contribution in [-0.4, -0.2) is 26.3 Å². The van der Waals surface area contributed by atoms with Crippen LogP contribution in [0.4, 0.5) is 4.39 Å². The lowest BCUT2D eigenvalue weighted by Crippen LogP contribution is -2.42. The van der Waals surface area contributed by atoms with Gasteiger partial charge in [0, 0.05) is 18.6 Å². The second kappa shape index (κ2) is 5.41. The first-order valence-electron chi connectivity index (χ1n) is 5.79. The summed E-state index contributed by atoms with van der Waals surface area (Å²) in [5, 5.41) is 3.29. The number of hydrogen-bond donors (Lipinski definition) is 1. The third-order valence-electron chi connectivity index (χ3n) is 3.28.